The molecule has 2 aromatic carbocycles. The molecule has 0 aliphatic heterocycles. The van der Waals surface area contributed by atoms with E-state index in [4.69, 9.17) is 21.7 Å². The molecule has 0 aliphatic rings. The molecule has 0 heterocycles. The highest BCUT2D eigenvalue weighted by atomic mass is 79.9. The van der Waals surface area contributed by atoms with Gasteiger partial charge in [0.05, 0.1) is 17.7 Å². The van der Waals surface area contributed by atoms with Crippen molar-refractivity contribution in [1.82, 2.24) is 16.2 Å². The predicted molar refractivity (Wildman–Crippen MR) is 146 cm³/mol. The fourth-order valence-electron chi connectivity index (χ4n) is 2.98. The van der Waals surface area contributed by atoms with Gasteiger partial charge in [0.2, 0.25) is 0 Å². The smallest absolute Gasteiger partial charge is 0.269 e. The van der Waals surface area contributed by atoms with E-state index in [1.165, 1.54) is 12.8 Å². The Morgan fingerprint density at radius 1 is 0.914 bits per heavy atom. The summed E-state index contributed by atoms with van der Waals surface area (Å²) in [4.78, 5) is 24.8. The van der Waals surface area contributed by atoms with Crippen LogP contribution >= 0.6 is 28.1 Å². The zero-order valence-corrected chi connectivity index (χ0v) is 22.9. The van der Waals surface area contributed by atoms with Crippen molar-refractivity contribution in [3.63, 3.8) is 0 Å². The number of amides is 2. The standard InChI is InChI=1S/C26H34BrN3O4S/c1-4-5-6-7-15-34-23-13-10-20(17-22(23)27)24(31)28-26(35)30-29-25(32)19-8-11-21(12-9-19)33-16-14-18(2)3/h8-13,17-18H,4-7,14-16H2,1-3H3,(H,29,32)(H2,28,30,31,35). The molecule has 0 aromatic heterocycles. The van der Waals surface area contributed by atoms with Crippen LogP contribution in [0.15, 0.2) is 46.9 Å². The van der Waals surface area contributed by atoms with Gasteiger partial charge in [0.25, 0.3) is 11.8 Å². The van der Waals surface area contributed by atoms with Crippen molar-refractivity contribution in [2.45, 2.75) is 52.9 Å². The van der Waals surface area contributed by atoms with Crippen molar-refractivity contribution in [3.05, 3.63) is 58.1 Å². The summed E-state index contributed by atoms with van der Waals surface area (Å²) < 4.78 is 12.1. The first kappa shape index (κ1) is 28.6. The maximum atomic E-state index is 12.5. The summed E-state index contributed by atoms with van der Waals surface area (Å²) in [6, 6.07) is 11.9. The molecule has 0 saturated carbocycles. The topological polar surface area (TPSA) is 88.7 Å². The number of rotatable bonds is 12. The maximum Gasteiger partial charge on any atom is 0.269 e. The third-order valence-corrected chi connectivity index (χ3v) is 5.87. The van der Waals surface area contributed by atoms with Crippen molar-refractivity contribution in [2.24, 2.45) is 5.92 Å². The highest BCUT2D eigenvalue weighted by Gasteiger charge is 2.12. The highest BCUT2D eigenvalue weighted by Crippen LogP contribution is 2.26. The van der Waals surface area contributed by atoms with Gasteiger partial charge in [-0.25, -0.2) is 0 Å². The number of benzene rings is 2. The molecule has 0 spiro atoms. The molecule has 2 aromatic rings. The van der Waals surface area contributed by atoms with E-state index in [9.17, 15) is 9.59 Å². The zero-order valence-electron chi connectivity index (χ0n) is 20.5. The van der Waals surface area contributed by atoms with Gasteiger partial charge in [0.1, 0.15) is 11.5 Å². The van der Waals surface area contributed by atoms with E-state index in [2.05, 4.69) is 52.9 Å². The van der Waals surface area contributed by atoms with E-state index in [1.807, 2.05) is 0 Å². The van der Waals surface area contributed by atoms with Crippen LogP contribution in [0, 0.1) is 5.92 Å². The maximum absolute atomic E-state index is 12.5. The Kier molecular flexibility index (Phi) is 12.6. The van der Waals surface area contributed by atoms with Gasteiger partial charge in [-0.05, 0) is 89.4 Å². The number of nitrogens with one attached hydrogen (secondary N) is 3. The van der Waals surface area contributed by atoms with Gasteiger partial charge < -0.3 is 9.47 Å². The van der Waals surface area contributed by atoms with Gasteiger partial charge in [-0.3, -0.25) is 25.8 Å². The minimum atomic E-state index is -0.408. The normalized spacial score (nSPS) is 10.5. The fraction of sp³-hybridized carbons (Fsp3) is 0.423. The van der Waals surface area contributed by atoms with Crippen LogP contribution in [-0.2, 0) is 0 Å². The predicted octanol–water partition coefficient (Wildman–Crippen LogP) is 5.78. The molecule has 0 bridgehead atoms. The van der Waals surface area contributed by atoms with Crippen molar-refractivity contribution in [3.8, 4) is 11.5 Å². The van der Waals surface area contributed by atoms with Gasteiger partial charge in [0, 0.05) is 11.1 Å². The number of hydrogen-bond donors (Lipinski definition) is 3. The number of hydrogen-bond acceptors (Lipinski definition) is 5. The number of halogens is 1. The van der Waals surface area contributed by atoms with Gasteiger partial charge in [-0.1, -0.05) is 40.0 Å². The molecule has 2 rings (SSSR count). The monoisotopic (exact) mass is 563 g/mol. The van der Waals surface area contributed by atoms with E-state index in [0.29, 0.717) is 46.2 Å². The Bertz CT molecular complexity index is 983. The van der Waals surface area contributed by atoms with Crippen LogP contribution in [0.4, 0.5) is 0 Å². The van der Waals surface area contributed by atoms with E-state index in [-0.39, 0.29) is 5.11 Å². The largest absolute Gasteiger partial charge is 0.494 e. The third kappa shape index (κ3) is 10.7. The first-order valence-corrected chi connectivity index (χ1v) is 13.1. The molecule has 0 fully saturated rings. The molecule has 9 heteroatoms. The molecule has 190 valence electrons. The molecule has 0 saturated heterocycles. The third-order valence-electron chi connectivity index (χ3n) is 5.05. The molecule has 0 unspecified atom stereocenters. The van der Waals surface area contributed by atoms with Crippen LogP contribution in [0.25, 0.3) is 0 Å². The SMILES string of the molecule is CCCCCCOc1ccc(C(=O)NC(=S)NNC(=O)c2ccc(OCCC(C)C)cc2)cc1Br. The second-order valence-electron chi connectivity index (χ2n) is 8.47. The van der Waals surface area contributed by atoms with E-state index in [1.54, 1.807) is 42.5 Å². The first-order valence-electron chi connectivity index (χ1n) is 11.9. The lowest BCUT2D eigenvalue weighted by molar-refractivity contribution is 0.0934. The van der Waals surface area contributed by atoms with Crippen molar-refractivity contribution < 1.29 is 19.1 Å². The second kappa shape index (κ2) is 15.4. The Balaban J connectivity index is 1.77. The lowest BCUT2D eigenvalue weighted by Gasteiger charge is -2.12. The number of thiocarbonyl (C=S) groups is 1. The van der Waals surface area contributed by atoms with Gasteiger partial charge in [-0.15, -0.1) is 0 Å². The summed E-state index contributed by atoms with van der Waals surface area (Å²) in [5, 5.41) is 2.52. The van der Waals surface area contributed by atoms with E-state index < -0.39 is 11.8 Å². The molecule has 0 radical (unpaired) electrons. The van der Waals surface area contributed by atoms with Gasteiger partial charge in [-0.2, -0.15) is 0 Å². The van der Waals surface area contributed by atoms with Crippen molar-refractivity contribution >= 4 is 45.1 Å². The van der Waals surface area contributed by atoms with Crippen molar-refractivity contribution in [2.75, 3.05) is 13.2 Å². The van der Waals surface area contributed by atoms with Crippen LogP contribution in [-0.4, -0.2) is 30.1 Å². The summed E-state index contributed by atoms with van der Waals surface area (Å²) in [5.74, 6) is 1.16. The quantitative estimate of drug-likeness (QED) is 0.172. The molecule has 3 N–H and O–H groups in total. The van der Waals surface area contributed by atoms with Crippen molar-refractivity contribution in [1.29, 1.82) is 0 Å². The number of carbonyl (C=O) groups excluding carboxylic acids is 2. The van der Waals surface area contributed by atoms with Crippen LogP contribution < -0.4 is 25.6 Å². The van der Waals surface area contributed by atoms with Crippen LogP contribution in [0.5, 0.6) is 11.5 Å². The minimum absolute atomic E-state index is 0.0237. The van der Waals surface area contributed by atoms with Crippen LogP contribution in [0.2, 0.25) is 0 Å². The van der Waals surface area contributed by atoms with E-state index >= 15 is 0 Å². The molecule has 0 atom stereocenters. The first-order chi connectivity index (χ1) is 16.8. The summed E-state index contributed by atoms with van der Waals surface area (Å²) in [7, 11) is 0. The number of unbranched alkanes of at least 4 members (excludes halogenated alkanes) is 3. The van der Waals surface area contributed by atoms with Crippen LogP contribution in [0.1, 0.15) is 73.6 Å². The molecule has 35 heavy (non-hydrogen) atoms. The van der Waals surface area contributed by atoms with Crippen LogP contribution in [0.3, 0.4) is 0 Å². The molecular weight excluding hydrogens is 530 g/mol. The second-order valence-corrected chi connectivity index (χ2v) is 9.73. The van der Waals surface area contributed by atoms with Gasteiger partial charge in [0.15, 0.2) is 5.11 Å². The van der Waals surface area contributed by atoms with E-state index in [0.717, 1.165) is 19.3 Å². The lowest BCUT2D eigenvalue weighted by Crippen LogP contribution is -2.48. The molecule has 7 nitrogen and oxygen atoms in total. The molecule has 0 aliphatic carbocycles. The summed E-state index contributed by atoms with van der Waals surface area (Å²) in [5.41, 5.74) is 5.85. The fourth-order valence-corrected chi connectivity index (χ4v) is 3.61. The highest BCUT2D eigenvalue weighted by molar-refractivity contribution is 9.10. The Morgan fingerprint density at radius 3 is 2.29 bits per heavy atom. The number of ether oxygens (including phenoxy) is 2. The number of hydrazine groups is 1. The summed E-state index contributed by atoms with van der Waals surface area (Å²) in [6.07, 6.45) is 5.45. The number of carbonyl (C=O) groups is 2. The van der Waals surface area contributed by atoms with Gasteiger partial charge >= 0.3 is 0 Å². The average molecular weight is 565 g/mol. The lowest BCUT2D eigenvalue weighted by atomic mass is 10.1. The Morgan fingerprint density at radius 2 is 1.63 bits per heavy atom. The zero-order chi connectivity index (χ0) is 25.6. The Labute approximate surface area is 221 Å². The average Bonchev–Trinajstić information content (AvgIpc) is 2.83. The summed E-state index contributed by atoms with van der Waals surface area (Å²) in [6.45, 7) is 7.70. The Hall–Kier alpha value is -2.65. The summed E-state index contributed by atoms with van der Waals surface area (Å²) >= 11 is 8.57. The molecular formula is C26H34BrN3O4S. The minimum Gasteiger partial charge on any atom is -0.494 e. The molecule has 2 amide bonds.